The highest BCUT2D eigenvalue weighted by molar-refractivity contribution is 6.08. The molecule has 1 N–H and O–H groups in total. The molecule has 0 radical (unpaired) electrons. The number of hydrogen-bond donors (Lipinski definition) is 1. The molecule has 33 heavy (non-hydrogen) atoms. The van der Waals surface area contributed by atoms with Gasteiger partial charge in [-0.25, -0.2) is 0 Å². The number of anilines is 1. The van der Waals surface area contributed by atoms with Gasteiger partial charge in [-0.1, -0.05) is 25.0 Å². The Morgan fingerprint density at radius 1 is 0.970 bits per heavy atom. The first-order valence-corrected chi connectivity index (χ1v) is 11.1. The van der Waals surface area contributed by atoms with Gasteiger partial charge in [0.1, 0.15) is 17.5 Å². The number of furan rings is 1. The van der Waals surface area contributed by atoms with Crippen LogP contribution >= 0.6 is 0 Å². The fourth-order valence-electron chi connectivity index (χ4n) is 4.22. The molecule has 2 aromatic carbocycles. The molecule has 1 aromatic heterocycles. The Morgan fingerprint density at radius 2 is 1.70 bits per heavy atom. The number of methoxy groups -OCH3 is 2. The molecule has 1 aliphatic rings. The van der Waals surface area contributed by atoms with E-state index in [0.717, 1.165) is 25.7 Å². The van der Waals surface area contributed by atoms with Crippen molar-refractivity contribution in [3.63, 3.8) is 0 Å². The second-order valence-electron chi connectivity index (χ2n) is 8.02. The maximum atomic E-state index is 13.7. The molecule has 2 amide bonds. The molecule has 7 heteroatoms. The van der Waals surface area contributed by atoms with Gasteiger partial charge in [0, 0.05) is 11.7 Å². The lowest BCUT2D eigenvalue weighted by atomic mass is 10.0. The first-order chi connectivity index (χ1) is 16.1. The van der Waals surface area contributed by atoms with E-state index < -0.39 is 11.9 Å². The lowest BCUT2D eigenvalue weighted by Crippen LogP contribution is -2.46. The van der Waals surface area contributed by atoms with Crippen molar-refractivity contribution in [2.24, 2.45) is 0 Å². The molecule has 0 aliphatic heterocycles. The summed E-state index contributed by atoms with van der Waals surface area (Å²) in [6.45, 7) is 0. The van der Waals surface area contributed by atoms with Crippen molar-refractivity contribution in [1.82, 2.24) is 5.32 Å². The number of hydrogen-bond acceptors (Lipinski definition) is 5. The normalized spacial score (nSPS) is 14.5. The summed E-state index contributed by atoms with van der Waals surface area (Å²) in [5.41, 5.74) is 1.19. The van der Waals surface area contributed by atoms with Crippen LogP contribution in [0.3, 0.4) is 0 Å². The highest BCUT2D eigenvalue weighted by Gasteiger charge is 2.36. The lowest BCUT2D eigenvalue weighted by Gasteiger charge is -2.32. The summed E-state index contributed by atoms with van der Waals surface area (Å²) in [5.74, 6) is 0.738. The van der Waals surface area contributed by atoms with Crippen LogP contribution in [0.4, 0.5) is 5.69 Å². The number of ether oxygens (including phenoxy) is 2. The van der Waals surface area contributed by atoms with Crippen molar-refractivity contribution in [3.8, 4) is 11.5 Å². The summed E-state index contributed by atoms with van der Waals surface area (Å²) in [7, 11) is 3.15. The minimum absolute atomic E-state index is 0.0991. The summed E-state index contributed by atoms with van der Waals surface area (Å²) >= 11 is 0. The number of carbonyl (C=O) groups is 2. The van der Waals surface area contributed by atoms with Gasteiger partial charge in [-0.3, -0.25) is 14.5 Å². The van der Waals surface area contributed by atoms with E-state index in [2.05, 4.69) is 5.32 Å². The summed E-state index contributed by atoms with van der Waals surface area (Å²) < 4.78 is 16.1. The van der Waals surface area contributed by atoms with Crippen LogP contribution in [0.2, 0.25) is 0 Å². The van der Waals surface area contributed by atoms with Crippen LogP contribution < -0.4 is 19.7 Å². The first-order valence-electron chi connectivity index (χ1n) is 11.1. The Labute approximate surface area is 193 Å². The van der Waals surface area contributed by atoms with Gasteiger partial charge in [-0.15, -0.1) is 0 Å². The number of nitrogens with zero attached hydrogens (tertiary/aromatic N) is 1. The lowest BCUT2D eigenvalue weighted by molar-refractivity contribution is -0.123. The van der Waals surface area contributed by atoms with Crippen molar-refractivity contribution in [1.29, 1.82) is 0 Å². The average molecular weight is 449 g/mol. The van der Waals surface area contributed by atoms with E-state index in [-0.39, 0.29) is 17.7 Å². The van der Waals surface area contributed by atoms with Gasteiger partial charge in [0.25, 0.3) is 5.91 Å². The van der Waals surface area contributed by atoms with E-state index >= 15 is 0 Å². The third-order valence-corrected chi connectivity index (χ3v) is 5.92. The van der Waals surface area contributed by atoms with Crippen molar-refractivity contribution in [2.45, 2.75) is 37.8 Å². The van der Waals surface area contributed by atoms with Gasteiger partial charge in [0.15, 0.2) is 5.76 Å². The number of nitrogens with one attached hydrogen (secondary N) is 1. The fraction of sp³-hybridized carbons (Fsp3) is 0.308. The zero-order valence-corrected chi connectivity index (χ0v) is 18.8. The molecule has 3 aromatic rings. The summed E-state index contributed by atoms with van der Waals surface area (Å²) in [6.07, 6.45) is 5.49. The van der Waals surface area contributed by atoms with Crippen LogP contribution in [0.5, 0.6) is 11.5 Å². The van der Waals surface area contributed by atoms with Gasteiger partial charge in [-0.05, 0) is 66.9 Å². The summed E-state index contributed by atoms with van der Waals surface area (Å²) in [5, 5.41) is 3.16. The van der Waals surface area contributed by atoms with Gasteiger partial charge >= 0.3 is 0 Å². The Kier molecular flexibility index (Phi) is 6.98. The maximum Gasteiger partial charge on any atom is 0.294 e. The van der Waals surface area contributed by atoms with Crippen LogP contribution in [0, 0.1) is 0 Å². The van der Waals surface area contributed by atoms with Crippen LogP contribution in [-0.4, -0.2) is 32.1 Å². The molecule has 0 unspecified atom stereocenters. The van der Waals surface area contributed by atoms with Crippen molar-refractivity contribution in [2.75, 3.05) is 19.1 Å². The SMILES string of the molecule is COc1ccc(N(C(=O)c2ccco2)[C@H](C(=O)NC2CCCC2)c2cccc(OC)c2)cc1. The van der Waals surface area contributed by atoms with Gasteiger partial charge in [0.05, 0.1) is 20.5 Å². The van der Waals surface area contributed by atoms with E-state index in [1.54, 1.807) is 56.7 Å². The average Bonchev–Trinajstić information content (AvgIpc) is 3.57. The van der Waals surface area contributed by atoms with Gasteiger partial charge in [0.2, 0.25) is 5.91 Å². The molecule has 0 bridgehead atoms. The number of carbonyl (C=O) groups excluding carboxylic acids is 2. The monoisotopic (exact) mass is 448 g/mol. The largest absolute Gasteiger partial charge is 0.497 e. The zero-order chi connectivity index (χ0) is 23.2. The van der Waals surface area contributed by atoms with E-state index in [1.165, 1.54) is 11.2 Å². The van der Waals surface area contributed by atoms with E-state index in [1.807, 2.05) is 18.2 Å². The summed E-state index contributed by atoms with van der Waals surface area (Å²) in [6, 6.07) is 16.7. The van der Waals surface area contributed by atoms with E-state index in [9.17, 15) is 9.59 Å². The summed E-state index contributed by atoms with van der Waals surface area (Å²) in [4.78, 5) is 28.8. The van der Waals surface area contributed by atoms with Gasteiger partial charge < -0.3 is 19.2 Å². The molecule has 1 atom stereocenters. The standard InChI is InChI=1S/C26H28N2O5/c1-31-21-14-12-20(13-15-21)28(26(30)23-11-6-16-33-23)24(18-7-5-10-22(17-18)32-2)25(29)27-19-8-3-4-9-19/h5-7,10-17,19,24H,3-4,8-9H2,1-2H3,(H,27,29)/t24-/m0/s1. The Hall–Kier alpha value is -3.74. The maximum absolute atomic E-state index is 13.7. The number of amides is 2. The Morgan fingerprint density at radius 3 is 2.33 bits per heavy atom. The number of rotatable bonds is 8. The molecule has 172 valence electrons. The molecule has 0 spiro atoms. The van der Waals surface area contributed by atoms with Gasteiger partial charge in [-0.2, -0.15) is 0 Å². The molecular weight excluding hydrogens is 420 g/mol. The molecule has 1 fully saturated rings. The molecule has 7 nitrogen and oxygen atoms in total. The van der Waals surface area contributed by atoms with Crippen LogP contribution in [0.1, 0.15) is 47.8 Å². The zero-order valence-electron chi connectivity index (χ0n) is 18.8. The number of benzene rings is 2. The smallest absolute Gasteiger partial charge is 0.294 e. The molecular formula is C26H28N2O5. The Bertz CT molecular complexity index is 1070. The minimum atomic E-state index is -0.924. The minimum Gasteiger partial charge on any atom is -0.497 e. The quantitative estimate of drug-likeness (QED) is 0.538. The van der Waals surface area contributed by atoms with Crippen LogP contribution in [0.25, 0.3) is 0 Å². The molecule has 0 saturated heterocycles. The fourth-order valence-corrected chi connectivity index (χ4v) is 4.22. The molecule has 1 heterocycles. The molecule has 4 rings (SSSR count). The molecule has 1 saturated carbocycles. The predicted molar refractivity (Wildman–Crippen MR) is 125 cm³/mol. The third-order valence-electron chi connectivity index (χ3n) is 5.92. The topological polar surface area (TPSA) is 81.0 Å². The van der Waals surface area contributed by atoms with Crippen LogP contribution in [0.15, 0.2) is 71.3 Å². The second kappa shape index (κ2) is 10.3. The third kappa shape index (κ3) is 5.03. The van der Waals surface area contributed by atoms with Crippen molar-refractivity contribution in [3.05, 3.63) is 78.3 Å². The van der Waals surface area contributed by atoms with Crippen LogP contribution in [-0.2, 0) is 4.79 Å². The highest BCUT2D eigenvalue weighted by Crippen LogP contribution is 2.33. The van der Waals surface area contributed by atoms with Crippen molar-refractivity contribution < 1.29 is 23.5 Å². The molecule has 1 aliphatic carbocycles. The first kappa shape index (κ1) is 22.5. The Balaban J connectivity index is 1.81. The predicted octanol–water partition coefficient (Wildman–Crippen LogP) is 4.74. The highest BCUT2D eigenvalue weighted by atomic mass is 16.5. The van der Waals surface area contributed by atoms with E-state index in [0.29, 0.717) is 22.7 Å². The second-order valence-corrected chi connectivity index (χ2v) is 8.02. The van der Waals surface area contributed by atoms with E-state index in [4.69, 9.17) is 13.9 Å². The van der Waals surface area contributed by atoms with Crippen molar-refractivity contribution >= 4 is 17.5 Å².